The molecule has 0 aromatic carbocycles. The summed E-state index contributed by atoms with van der Waals surface area (Å²) in [6.07, 6.45) is 76.6. The Labute approximate surface area is 481 Å². The van der Waals surface area contributed by atoms with Gasteiger partial charge in [0.2, 0.25) is 5.91 Å². The lowest BCUT2D eigenvalue weighted by Crippen LogP contribution is -2.47. The number of nitrogens with one attached hydrogen (secondary N) is 1. The molecule has 0 rings (SSSR count). The Kier molecular flexibility index (Phi) is 54.9. The maximum atomic E-state index is 13.6. The van der Waals surface area contributed by atoms with E-state index in [1.54, 1.807) is 0 Å². The maximum Gasteiger partial charge on any atom is 0.306 e. The van der Waals surface area contributed by atoms with Crippen molar-refractivity contribution >= 4 is 19.7 Å². The Hall–Kier alpha value is -3.07. The van der Waals surface area contributed by atoms with Gasteiger partial charge in [-0.3, -0.25) is 14.2 Å². The first-order valence-electron chi connectivity index (χ1n) is 32.1. The first kappa shape index (κ1) is 74.9. The van der Waals surface area contributed by atoms with Crippen molar-refractivity contribution in [3.05, 3.63) is 97.2 Å². The molecule has 450 valence electrons. The molecule has 3 unspecified atom stereocenters. The van der Waals surface area contributed by atoms with Crippen molar-refractivity contribution in [1.82, 2.24) is 5.32 Å². The zero-order chi connectivity index (χ0) is 57.2. The molecule has 3 atom stereocenters. The molecule has 0 aromatic heterocycles. The van der Waals surface area contributed by atoms with Crippen LogP contribution >= 0.6 is 7.82 Å². The third-order valence-corrected chi connectivity index (χ3v) is 14.7. The second-order valence-corrected chi connectivity index (χ2v) is 24.0. The molecule has 0 heterocycles. The number of hydrogen-bond acceptors (Lipinski definition) is 7. The van der Waals surface area contributed by atoms with Crippen LogP contribution in [-0.4, -0.2) is 69.4 Å². The van der Waals surface area contributed by atoms with E-state index in [1.807, 2.05) is 33.3 Å². The Morgan fingerprint density at radius 1 is 0.474 bits per heavy atom. The number of hydrogen-bond donors (Lipinski definition) is 1. The number of phosphoric acid groups is 1. The summed E-state index contributed by atoms with van der Waals surface area (Å²) in [7, 11) is 1.16. The van der Waals surface area contributed by atoms with Crippen LogP contribution in [-0.2, 0) is 27.9 Å². The van der Waals surface area contributed by atoms with Crippen molar-refractivity contribution in [2.75, 3.05) is 40.9 Å². The largest absolute Gasteiger partial charge is 0.756 e. The number of phosphoric ester groups is 1. The normalized spacial score (nSPS) is 14.3. The smallest absolute Gasteiger partial charge is 0.306 e. The van der Waals surface area contributed by atoms with Gasteiger partial charge in [-0.15, -0.1) is 0 Å². The van der Waals surface area contributed by atoms with Crippen molar-refractivity contribution in [3.8, 4) is 0 Å². The zero-order valence-corrected chi connectivity index (χ0v) is 52.2. The standard InChI is InChI=1S/C68H121N2O7P/c1-7-10-13-16-19-22-25-28-30-31-32-33-34-35-36-37-38-39-41-42-45-48-51-54-57-60-67(71)69-65(64-76-78(73,74)75-63-62-70(4,5)6)66(59-56-53-50-47-44-27-24-21-18-15-12-9-3)77-68(72)61-58-55-52-49-46-43-40-29-26-23-20-17-14-11-8-2/h10,13,19-20,22-23,26,28-30,32-33,35-36,56,59,65-66H,7-9,11-12,14-18,21,24-25,27,31,34,37-55,57-58,60-64H2,1-6H3,(H-,69,71,73,74)/b13-10-,22-19-,23-20+,29-26+,30-28-,33-32-,36-35-,59-56-. The van der Waals surface area contributed by atoms with Gasteiger partial charge in [-0.25, -0.2) is 0 Å². The van der Waals surface area contributed by atoms with Gasteiger partial charge in [0.25, 0.3) is 7.82 Å². The number of quaternary nitrogens is 1. The first-order chi connectivity index (χ1) is 37.9. The molecule has 1 amide bonds. The predicted octanol–water partition coefficient (Wildman–Crippen LogP) is 19.3. The Morgan fingerprint density at radius 3 is 1.33 bits per heavy atom. The van der Waals surface area contributed by atoms with Crippen LogP contribution in [0.2, 0.25) is 0 Å². The van der Waals surface area contributed by atoms with Gasteiger partial charge in [-0.1, -0.05) is 253 Å². The molecule has 9 nitrogen and oxygen atoms in total. The molecule has 0 aliphatic heterocycles. The number of carbonyl (C=O) groups excluding carboxylic acids is 2. The lowest BCUT2D eigenvalue weighted by atomic mass is 10.0. The second-order valence-electron chi connectivity index (χ2n) is 22.6. The fourth-order valence-electron chi connectivity index (χ4n) is 8.83. The van der Waals surface area contributed by atoms with E-state index in [1.165, 1.54) is 109 Å². The molecule has 1 N–H and O–H groups in total. The van der Waals surface area contributed by atoms with Crippen molar-refractivity contribution < 1.29 is 37.3 Å². The molecule has 0 bridgehead atoms. The van der Waals surface area contributed by atoms with E-state index in [0.717, 1.165) is 122 Å². The van der Waals surface area contributed by atoms with Gasteiger partial charge >= 0.3 is 5.97 Å². The summed E-state index contributed by atoms with van der Waals surface area (Å²) >= 11 is 0. The Bertz CT molecular complexity index is 1660. The van der Waals surface area contributed by atoms with Gasteiger partial charge in [-0.2, -0.15) is 0 Å². The topological polar surface area (TPSA) is 114 Å². The molecule has 0 radical (unpaired) electrons. The number of carbonyl (C=O) groups is 2. The van der Waals surface area contributed by atoms with E-state index in [0.29, 0.717) is 23.9 Å². The quantitative estimate of drug-likeness (QED) is 0.0161. The number of likely N-dealkylation sites (N-methyl/N-ethyl adjacent to an activating group) is 1. The van der Waals surface area contributed by atoms with Gasteiger partial charge in [0.1, 0.15) is 19.3 Å². The van der Waals surface area contributed by atoms with E-state index in [2.05, 4.69) is 111 Å². The van der Waals surface area contributed by atoms with Crippen molar-refractivity contribution in [1.29, 1.82) is 0 Å². The molecule has 0 fully saturated rings. The number of nitrogens with zero attached hydrogens (tertiary/aromatic N) is 1. The zero-order valence-electron chi connectivity index (χ0n) is 51.3. The summed E-state index contributed by atoms with van der Waals surface area (Å²) in [5, 5.41) is 3.03. The third kappa shape index (κ3) is 57.6. The minimum Gasteiger partial charge on any atom is -0.756 e. The summed E-state index contributed by atoms with van der Waals surface area (Å²) < 4.78 is 30.3. The molecule has 10 heteroatoms. The van der Waals surface area contributed by atoms with Crippen LogP contribution in [0.25, 0.3) is 0 Å². The number of esters is 1. The van der Waals surface area contributed by atoms with Crippen LogP contribution < -0.4 is 10.2 Å². The average molecular weight is 1110 g/mol. The lowest BCUT2D eigenvalue weighted by Gasteiger charge is -2.30. The number of ether oxygens (including phenoxy) is 1. The van der Waals surface area contributed by atoms with E-state index in [-0.39, 0.29) is 24.9 Å². The fraction of sp³-hybridized carbons (Fsp3) is 0.735. The van der Waals surface area contributed by atoms with Gasteiger partial charge in [0.05, 0.1) is 33.8 Å². The highest BCUT2D eigenvalue weighted by atomic mass is 31.2. The molecular formula is C68H121N2O7P. The Balaban J connectivity index is 5.18. The van der Waals surface area contributed by atoms with Crippen molar-refractivity contribution in [2.24, 2.45) is 0 Å². The highest BCUT2D eigenvalue weighted by Crippen LogP contribution is 2.38. The molecule has 0 aliphatic carbocycles. The molecule has 78 heavy (non-hydrogen) atoms. The van der Waals surface area contributed by atoms with E-state index < -0.39 is 26.6 Å². The summed E-state index contributed by atoms with van der Waals surface area (Å²) in [5.41, 5.74) is 0. The number of rotatable bonds is 57. The van der Waals surface area contributed by atoms with Gasteiger partial charge in [0, 0.05) is 12.8 Å². The third-order valence-electron chi connectivity index (χ3n) is 13.8. The molecule has 0 aromatic rings. The first-order valence-corrected chi connectivity index (χ1v) is 33.5. The van der Waals surface area contributed by atoms with E-state index in [9.17, 15) is 19.0 Å². The van der Waals surface area contributed by atoms with Crippen LogP contribution in [0.1, 0.15) is 271 Å². The number of unbranched alkanes of at least 4 members (excludes halogenated alkanes) is 28. The van der Waals surface area contributed by atoms with Gasteiger partial charge < -0.3 is 28.5 Å². The molecular weight excluding hydrogens is 988 g/mol. The van der Waals surface area contributed by atoms with Crippen LogP contribution in [0.15, 0.2) is 97.2 Å². The van der Waals surface area contributed by atoms with Gasteiger partial charge in [0.15, 0.2) is 0 Å². The number of amides is 1. The molecule has 0 saturated carbocycles. The molecule has 0 spiro atoms. The maximum absolute atomic E-state index is 13.6. The van der Waals surface area contributed by atoms with E-state index in [4.69, 9.17) is 13.8 Å². The summed E-state index contributed by atoms with van der Waals surface area (Å²) in [5.74, 6) is -0.563. The molecule has 0 saturated heterocycles. The highest BCUT2D eigenvalue weighted by Gasteiger charge is 2.27. The lowest BCUT2D eigenvalue weighted by molar-refractivity contribution is -0.870. The monoisotopic (exact) mass is 1110 g/mol. The molecule has 0 aliphatic rings. The minimum atomic E-state index is -4.71. The van der Waals surface area contributed by atoms with Crippen LogP contribution in [0.5, 0.6) is 0 Å². The van der Waals surface area contributed by atoms with Crippen LogP contribution in [0, 0.1) is 0 Å². The predicted molar refractivity (Wildman–Crippen MR) is 334 cm³/mol. The fourth-order valence-corrected chi connectivity index (χ4v) is 9.56. The Morgan fingerprint density at radius 2 is 0.859 bits per heavy atom. The SMILES string of the molecule is CC/C=C\C/C=C\C/C=C\C/C=C\C/C=C\CCCCCCCCCCCC(=O)NC(COP(=O)([O-])OCC[N+](C)(C)C)C(/C=C\CCCCCCCCCCCC)OC(=O)CCCCCCCC/C=C/C=C/CCCCC. The van der Waals surface area contributed by atoms with Crippen LogP contribution in [0.3, 0.4) is 0 Å². The minimum absolute atomic E-state index is 0.0296. The highest BCUT2D eigenvalue weighted by molar-refractivity contribution is 7.45. The summed E-state index contributed by atoms with van der Waals surface area (Å²) in [4.78, 5) is 40.0. The van der Waals surface area contributed by atoms with Crippen molar-refractivity contribution in [3.63, 3.8) is 0 Å². The summed E-state index contributed by atoms with van der Waals surface area (Å²) in [6.45, 7) is 6.69. The second kappa shape index (κ2) is 57.2. The average Bonchev–Trinajstić information content (AvgIpc) is 3.40. The van der Waals surface area contributed by atoms with Crippen molar-refractivity contribution in [2.45, 2.75) is 283 Å². The summed E-state index contributed by atoms with van der Waals surface area (Å²) in [6, 6.07) is -0.902. The van der Waals surface area contributed by atoms with Crippen LogP contribution in [0.4, 0.5) is 0 Å². The van der Waals surface area contributed by atoms with E-state index >= 15 is 0 Å². The van der Waals surface area contributed by atoms with Gasteiger partial charge in [-0.05, 0) is 102 Å². The number of allylic oxidation sites excluding steroid dienone is 15.